The summed E-state index contributed by atoms with van der Waals surface area (Å²) in [7, 11) is 0. The zero-order valence-electron chi connectivity index (χ0n) is 14.9. The number of nitrogens with one attached hydrogen (secondary N) is 1. The Morgan fingerprint density at radius 3 is 2.56 bits per heavy atom. The van der Waals surface area contributed by atoms with Crippen LogP contribution < -0.4 is 5.32 Å². The highest BCUT2D eigenvalue weighted by atomic mass is 16.4. The fourth-order valence-corrected chi connectivity index (χ4v) is 4.03. The van der Waals surface area contributed by atoms with Crippen molar-refractivity contribution >= 4 is 5.97 Å². The number of aryl methyl sites for hydroxylation is 1. The van der Waals surface area contributed by atoms with Gasteiger partial charge in [-0.1, -0.05) is 61.2 Å². The number of aromatic carboxylic acids is 1. The smallest absolute Gasteiger partial charge is 0.335 e. The van der Waals surface area contributed by atoms with Crippen LogP contribution in [0.2, 0.25) is 0 Å². The number of carboxylic acid groups (broad SMARTS) is 1. The molecule has 0 aromatic heterocycles. The fourth-order valence-electron chi connectivity index (χ4n) is 4.03. The summed E-state index contributed by atoms with van der Waals surface area (Å²) < 4.78 is 0. The Morgan fingerprint density at radius 2 is 1.84 bits per heavy atom. The zero-order chi connectivity index (χ0) is 17.7. The molecule has 25 heavy (non-hydrogen) atoms. The Kier molecular flexibility index (Phi) is 5.54. The monoisotopic (exact) mass is 337 g/mol. The maximum absolute atomic E-state index is 11.1. The lowest BCUT2D eigenvalue weighted by molar-refractivity contribution is 0.0696. The normalized spacial score (nSPS) is 16.5. The van der Waals surface area contributed by atoms with Gasteiger partial charge >= 0.3 is 5.97 Å². The molecule has 0 bridgehead atoms. The van der Waals surface area contributed by atoms with Crippen molar-refractivity contribution in [1.82, 2.24) is 5.32 Å². The molecule has 3 nitrogen and oxygen atoms in total. The first-order valence-corrected chi connectivity index (χ1v) is 9.19. The Morgan fingerprint density at radius 1 is 1.08 bits per heavy atom. The van der Waals surface area contributed by atoms with E-state index in [1.807, 2.05) is 12.1 Å². The van der Waals surface area contributed by atoms with Crippen molar-refractivity contribution in [2.75, 3.05) is 6.54 Å². The van der Waals surface area contributed by atoms with Gasteiger partial charge in [0.1, 0.15) is 0 Å². The lowest BCUT2D eigenvalue weighted by atomic mass is 9.69. The Bertz CT molecular complexity index is 732. The standard InChI is InChI=1S/C22H27NO2/c1-17-7-5-10-20(13-17)22(11-3-2-4-12-22)16-23-15-18-8-6-9-19(14-18)21(24)25/h5-10,13-14,23H,2-4,11-12,15-16H2,1H3,(H,24,25). The highest BCUT2D eigenvalue weighted by molar-refractivity contribution is 5.87. The van der Waals surface area contributed by atoms with Crippen molar-refractivity contribution in [2.45, 2.75) is 51.0 Å². The van der Waals surface area contributed by atoms with Gasteiger partial charge < -0.3 is 10.4 Å². The quantitative estimate of drug-likeness (QED) is 0.804. The molecule has 2 N–H and O–H groups in total. The van der Waals surface area contributed by atoms with Crippen molar-refractivity contribution in [3.8, 4) is 0 Å². The Labute approximate surface area is 150 Å². The number of carboxylic acids is 1. The minimum Gasteiger partial charge on any atom is -0.478 e. The Hall–Kier alpha value is -2.13. The molecule has 0 aliphatic heterocycles. The molecule has 3 rings (SSSR count). The number of benzene rings is 2. The predicted octanol–water partition coefficient (Wildman–Crippen LogP) is 4.68. The van der Waals surface area contributed by atoms with Crippen LogP contribution in [0.5, 0.6) is 0 Å². The van der Waals surface area contributed by atoms with E-state index < -0.39 is 5.97 Å². The van der Waals surface area contributed by atoms with Crippen molar-refractivity contribution in [3.63, 3.8) is 0 Å². The maximum atomic E-state index is 11.1. The molecule has 0 radical (unpaired) electrons. The summed E-state index contributed by atoms with van der Waals surface area (Å²) in [5, 5.41) is 12.7. The van der Waals surface area contributed by atoms with Crippen LogP contribution in [0.25, 0.3) is 0 Å². The lowest BCUT2D eigenvalue weighted by Gasteiger charge is -2.38. The van der Waals surface area contributed by atoms with Crippen LogP contribution in [0.15, 0.2) is 48.5 Å². The van der Waals surface area contributed by atoms with Crippen molar-refractivity contribution < 1.29 is 9.90 Å². The highest BCUT2D eigenvalue weighted by Crippen LogP contribution is 2.39. The van der Waals surface area contributed by atoms with Crippen LogP contribution in [-0.2, 0) is 12.0 Å². The summed E-state index contributed by atoms with van der Waals surface area (Å²) in [6.45, 7) is 3.80. The van der Waals surface area contributed by atoms with Gasteiger partial charge in [-0.2, -0.15) is 0 Å². The maximum Gasteiger partial charge on any atom is 0.335 e. The third-order valence-electron chi connectivity index (χ3n) is 5.41. The average molecular weight is 337 g/mol. The van der Waals surface area contributed by atoms with Crippen LogP contribution in [0, 0.1) is 6.92 Å². The molecule has 2 aromatic carbocycles. The first-order valence-electron chi connectivity index (χ1n) is 9.19. The first kappa shape index (κ1) is 17.7. The van der Waals surface area contributed by atoms with Gasteiger partial charge in [0.15, 0.2) is 0 Å². The van der Waals surface area contributed by atoms with Gasteiger partial charge in [0.05, 0.1) is 5.56 Å². The molecular weight excluding hydrogens is 310 g/mol. The third kappa shape index (κ3) is 4.29. The van der Waals surface area contributed by atoms with Gasteiger partial charge in [0.2, 0.25) is 0 Å². The Balaban J connectivity index is 1.71. The largest absolute Gasteiger partial charge is 0.478 e. The van der Waals surface area contributed by atoms with Crippen molar-refractivity contribution in [2.24, 2.45) is 0 Å². The van der Waals surface area contributed by atoms with Gasteiger partial charge in [-0.25, -0.2) is 4.79 Å². The van der Waals surface area contributed by atoms with E-state index in [9.17, 15) is 4.79 Å². The van der Waals surface area contributed by atoms with Crippen LogP contribution in [-0.4, -0.2) is 17.6 Å². The summed E-state index contributed by atoms with van der Waals surface area (Å²) in [5.74, 6) is -0.870. The number of carbonyl (C=O) groups is 1. The van der Waals surface area contributed by atoms with Crippen LogP contribution in [0.3, 0.4) is 0 Å². The van der Waals surface area contributed by atoms with Crippen molar-refractivity contribution in [1.29, 1.82) is 0 Å². The second kappa shape index (κ2) is 7.83. The summed E-state index contributed by atoms with van der Waals surface area (Å²) >= 11 is 0. The van der Waals surface area contributed by atoms with Gasteiger partial charge in [-0.3, -0.25) is 0 Å². The van der Waals surface area contributed by atoms with Gasteiger partial charge in [0, 0.05) is 18.5 Å². The minimum atomic E-state index is -0.870. The van der Waals surface area contributed by atoms with E-state index in [1.54, 1.807) is 12.1 Å². The molecule has 1 fully saturated rings. The van der Waals surface area contributed by atoms with Crippen LogP contribution in [0.4, 0.5) is 0 Å². The molecule has 3 heteroatoms. The summed E-state index contributed by atoms with van der Waals surface area (Å²) in [6, 6.07) is 16.1. The molecule has 0 spiro atoms. The lowest BCUT2D eigenvalue weighted by Crippen LogP contribution is -2.39. The van der Waals surface area contributed by atoms with Crippen LogP contribution in [0.1, 0.15) is 59.2 Å². The summed E-state index contributed by atoms with van der Waals surface area (Å²) in [4.78, 5) is 11.1. The van der Waals surface area contributed by atoms with E-state index in [-0.39, 0.29) is 5.41 Å². The van der Waals surface area contributed by atoms with Gasteiger partial charge in [0.25, 0.3) is 0 Å². The van der Waals surface area contributed by atoms with E-state index in [0.717, 1.165) is 12.1 Å². The van der Waals surface area contributed by atoms with Gasteiger partial charge in [-0.05, 0) is 43.0 Å². The van der Waals surface area contributed by atoms with E-state index in [2.05, 4.69) is 36.5 Å². The molecule has 0 heterocycles. The average Bonchev–Trinajstić information content (AvgIpc) is 2.63. The molecule has 2 aromatic rings. The molecule has 0 atom stereocenters. The van der Waals surface area contributed by atoms with E-state index in [4.69, 9.17) is 5.11 Å². The first-order chi connectivity index (χ1) is 12.1. The fraction of sp³-hybridized carbons (Fsp3) is 0.409. The van der Waals surface area contributed by atoms with Gasteiger partial charge in [-0.15, -0.1) is 0 Å². The zero-order valence-corrected chi connectivity index (χ0v) is 14.9. The number of rotatable bonds is 6. The van der Waals surface area contributed by atoms with Crippen LogP contribution >= 0.6 is 0 Å². The molecule has 1 saturated carbocycles. The number of hydrogen-bond acceptors (Lipinski definition) is 2. The summed E-state index contributed by atoms with van der Waals surface area (Å²) in [5.41, 5.74) is 4.34. The molecule has 0 unspecified atom stereocenters. The van der Waals surface area contributed by atoms with E-state index in [0.29, 0.717) is 12.1 Å². The molecule has 1 aliphatic carbocycles. The molecular formula is C22H27NO2. The third-order valence-corrected chi connectivity index (χ3v) is 5.41. The highest BCUT2D eigenvalue weighted by Gasteiger charge is 2.33. The molecule has 0 saturated heterocycles. The molecule has 0 amide bonds. The molecule has 132 valence electrons. The predicted molar refractivity (Wildman–Crippen MR) is 101 cm³/mol. The SMILES string of the molecule is Cc1cccc(C2(CNCc3cccc(C(=O)O)c3)CCCCC2)c1. The summed E-state index contributed by atoms with van der Waals surface area (Å²) in [6.07, 6.45) is 6.33. The van der Waals surface area contributed by atoms with E-state index in [1.165, 1.54) is 43.2 Å². The van der Waals surface area contributed by atoms with Crippen molar-refractivity contribution in [3.05, 3.63) is 70.8 Å². The van der Waals surface area contributed by atoms with E-state index >= 15 is 0 Å². The second-order valence-corrected chi connectivity index (χ2v) is 7.32. The molecule has 1 aliphatic rings. The minimum absolute atomic E-state index is 0.203. The topological polar surface area (TPSA) is 49.3 Å². The second-order valence-electron chi connectivity index (χ2n) is 7.32. The number of hydrogen-bond donors (Lipinski definition) is 2.